The van der Waals surface area contributed by atoms with Gasteiger partial charge in [-0.2, -0.15) is 0 Å². The van der Waals surface area contributed by atoms with Gasteiger partial charge in [0.2, 0.25) is 5.91 Å². The molecular formula is C19H22N4O4S. The van der Waals surface area contributed by atoms with Crippen LogP contribution in [0.4, 0.5) is 16.5 Å². The molecule has 148 valence electrons. The third-order valence-electron chi connectivity index (χ3n) is 4.15. The highest BCUT2D eigenvalue weighted by atomic mass is 32.1. The first kappa shape index (κ1) is 19.8. The summed E-state index contributed by atoms with van der Waals surface area (Å²) in [5.74, 6) is -0.919. The van der Waals surface area contributed by atoms with Crippen molar-refractivity contribution in [3.63, 3.8) is 0 Å². The number of fused-ring (bicyclic) bond motifs is 1. The number of aromatic nitrogens is 1. The van der Waals surface area contributed by atoms with Gasteiger partial charge < -0.3 is 15.4 Å². The Morgan fingerprint density at radius 3 is 2.82 bits per heavy atom. The van der Waals surface area contributed by atoms with E-state index in [0.717, 1.165) is 5.69 Å². The molecule has 1 aliphatic heterocycles. The maximum Gasteiger partial charge on any atom is 0.311 e. The van der Waals surface area contributed by atoms with Crippen molar-refractivity contribution in [2.45, 2.75) is 32.7 Å². The van der Waals surface area contributed by atoms with Crippen molar-refractivity contribution in [2.24, 2.45) is 0 Å². The van der Waals surface area contributed by atoms with Gasteiger partial charge in [0, 0.05) is 5.38 Å². The summed E-state index contributed by atoms with van der Waals surface area (Å²) in [7, 11) is 0. The number of amides is 2. The zero-order chi connectivity index (χ0) is 20.3. The van der Waals surface area contributed by atoms with Crippen LogP contribution in [0.3, 0.4) is 0 Å². The number of esters is 1. The Morgan fingerprint density at radius 2 is 2.07 bits per heavy atom. The van der Waals surface area contributed by atoms with E-state index in [0.29, 0.717) is 23.1 Å². The number of rotatable bonds is 6. The Labute approximate surface area is 166 Å². The number of thiazole rings is 1. The van der Waals surface area contributed by atoms with Gasteiger partial charge in [-0.25, -0.2) is 4.98 Å². The zero-order valence-electron chi connectivity index (χ0n) is 15.9. The average molecular weight is 402 g/mol. The lowest BCUT2D eigenvalue weighted by Crippen LogP contribution is -2.55. The SMILES string of the molecule is CCOC(=O)Cc1csc(NC(=O)CN2C(=O)C(C)(C)Nc3ccccc32)n1. The second kappa shape index (κ2) is 7.97. The summed E-state index contributed by atoms with van der Waals surface area (Å²) in [6.07, 6.45) is 0.0536. The first-order valence-electron chi connectivity index (χ1n) is 8.89. The maximum absolute atomic E-state index is 12.8. The van der Waals surface area contributed by atoms with Gasteiger partial charge in [-0.1, -0.05) is 12.1 Å². The van der Waals surface area contributed by atoms with Crippen LogP contribution in [0.1, 0.15) is 26.5 Å². The van der Waals surface area contributed by atoms with E-state index in [1.807, 2.05) is 18.2 Å². The summed E-state index contributed by atoms with van der Waals surface area (Å²) < 4.78 is 4.89. The highest BCUT2D eigenvalue weighted by molar-refractivity contribution is 7.13. The van der Waals surface area contributed by atoms with Crippen molar-refractivity contribution >= 4 is 45.6 Å². The van der Waals surface area contributed by atoms with E-state index in [9.17, 15) is 14.4 Å². The minimum Gasteiger partial charge on any atom is -0.466 e. The van der Waals surface area contributed by atoms with Crippen molar-refractivity contribution in [1.82, 2.24) is 4.98 Å². The fourth-order valence-corrected chi connectivity index (χ4v) is 3.64. The standard InChI is InChI=1S/C19H22N4O4S/c1-4-27-16(25)9-12-11-28-18(20-12)21-15(24)10-23-14-8-6-5-7-13(14)22-19(2,3)17(23)26/h5-8,11,22H,4,9-10H2,1-3H3,(H,20,21,24). The number of carbonyl (C=O) groups is 3. The molecule has 3 rings (SSSR count). The molecule has 2 N–H and O–H groups in total. The lowest BCUT2D eigenvalue weighted by molar-refractivity contribution is -0.142. The quantitative estimate of drug-likeness (QED) is 0.720. The van der Waals surface area contributed by atoms with Crippen LogP contribution in [-0.4, -0.2) is 41.5 Å². The molecule has 28 heavy (non-hydrogen) atoms. The van der Waals surface area contributed by atoms with Crippen molar-refractivity contribution in [2.75, 3.05) is 28.7 Å². The summed E-state index contributed by atoms with van der Waals surface area (Å²) >= 11 is 1.22. The summed E-state index contributed by atoms with van der Waals surface area (Å²) in [6.45, 7) is 5.47. The van der Waals surface area contributed by atoms with Crippen LogP contribution in [0, 0.1) is 0 Å². The largest absolute Gasteiger partial charge is 0.466 e. The molecule has 1 aromatic heterocycles. The number of nitrogens with one attached hydrogen (secondary N) is 2. The van der Waals surface area contributed by atoms with Gasteiger partial charge in [0.1, 0.15) is 12.1 Å². The van der Waals surface area contributed by atoms with E-state index in [2.05, 4.69) is 15.6 Å². The molecule has 2 aromatic rings. The monoisotopic (exact) mass is 402 g/mol. The maximum atomic E-state index is 12.8. The molecule has 1 aliphatic rings. The predicted molar refractivity (Wildman–Crippen MR) is 108 cm³/mol. The highest BCUT2D eigenvalue weighted by Crippen LogP contribution is 2.34. The number of benzene rings is 1. The van der Waals surface area contributed by atoms with Crippen LogP contribution in [0.15, 0.2) is 29.6 Å². The summed E-state index contributed by atoms with van der Waals surface area (Å²) in [6, 6.07) is 7.36. The summed E-state index contributed by atoms with van der Waals surface area (Å²) in [4.78, 5) is 42.6. The second-order valence-corrected chi connectivity index (χ2v) is 7.69. The molecule has 2 heterocycles. The van der Waals surface area contributed by atoms with Crippen LogP contribution in [0.2, 0.25) is 0 Å². The Bertz CT molecular complexity index is 909. The lowest BCUT2D eigenvalue weighted by Gasteiger charge is -2.39. The number of nitrogens with zero attached hydrogens (tertiary/aromatic N) is 2. The van der Waals surface area contributed by atoms with E-state index in [1.165, 1.54) is 16.2 Å². The Hall–Kier alpha value is -2.94. The van der Waals surface area contributed by atoms with Crippen LogP contribution in [-0.2, 0) is 25.5 Å². The van der Waals surface area contributed by atoms with Crippen LogP contribution >= 0.6 is 11.3 Å². The molecule has 0 fully saturated rings. The fourth-order valence-electron chi connectivity index (χ4n) is 2.92. The minimum atomic E-state index is -0.817. The van der Waals surface area contributed by atoms with Crippen LogP contribution in [0.25, 0.3) is 0 Å². The third-order valence-corrected chi connectivity index (χ3v) is 4.96. The molecule has 0 saturated carbocycles. The van der Waals surface area contributed by atoms with Gasteiger partial charge in [-0.3, -0.25) is 19.3 Å². The summed E-state index contributed by atoms with van der Waals surface area (Å²) in [5.41, 5.74) is 1.17. The smallest absolute Gasteiger partial charge is 0.311 e. The molecule has 2 amide bonds. The third kappa shape index (κ3) is 4.30. The van der Waals surface area contributed by atoms with E-state index in [-0.39, 0.29) is 30.7 Å². The molecule has 0 bridgehead atoms. The van der Waals surface area contributed by atoms with Crippen molar-refractivity contribution in [1.29, 1.82) is 0 Å². The molecule has 9 heteroatoms. The van der Waals surface area contributed by atoms with Crippen molar-refractivity contribution < 1.29 is 19.1 Å². The number of carbonyl (C=O) groups excluding carboxylic acids is 3. The highest BCUT2D eigenvalue weighted by Gasteiger charge is 2.39. The number of hydrogen-bond donors (Lipinski definition) is 2. The molecule has 0 atom stereocenters. The molecule has 0 spiro atoms. The van der Waals surface area contributed by atoms with E-state index in [4.69, 9.17) is 4.74 Å². The van der Waals surface area contributed by atoms with E-state index in [1.54, 1.807) is 32.2 Å². The van der Waals surface area contributed by atoms with Gasteiger partial charge in [0.05, 0.1) is 30.1 Å². The summed E-state index contributed by atoms with van der Waals surface area (Å²) in [5, 5.41) is 7.96. The molecule has 0 unspecified atom stereocenters. The molecule has 0 aliphatic carbocycles. The Kier molecular flexibility index (Phi) is 5.64. The van der Waals surface area contributed by atoms with Gasteiger partial charge in [0.15, 0.2) is 5.13 Å². The van der Waals surface area contributed by atoms with Crippen molar-refractivity contribution in [3.05, 3.63) is 35.3 Å². The zero-order valence-corrected chi connectivity index (χ0v) is 16.8. The molecule has 0 saturated heterocycles. The second-order valence-electron chi connectivity index (χ2n) is 6.83. The van der Waals surface area contributed by atoms with E-state index >= 15 is 0 Å². The average Bonchev–Trinajstić information content (AvgIpc) is 3.05. The number of para-hydroxylation sites is 2. The van der Waals surface area contributed by atoms with Gasteiger partial charge in [-0.05, 0) is 32.9 Å². The van der Waals surface area contributed by atoms with Crippen molar-refractivity contribution in [3.8, 4) is 0 Å². The number of anilines is 3. The molecule has 8 nitrogen and oxygen atoms in total. The predicted octanol–water partition coefficient (Wildman–Crippen LogP) is 2.42. The van der Waals surface area contributed by atoms with Crippen LogP contribution in [0.5, 0.6) is 0 Å². The van der Waals surface area contributed by atoms with E-state index < -0.39 is 5.54 Å². The first-order chi connectivity index (χ1) is 13.3. The Balaban J connectivity index is 1.69. The fraction of sp³-hybridized carbons (Fsp3) is 0.368. The first-order valence-corrected chi connectivity index (χ1v) is 9.77. The normalized spacial score (nSPS) is 14.8. The number of hydrogen-bond acceptors (Lipinski definition) is 7. The molecule has 0 radical (unpaired) electrons. The van der Waals surface area contributed by atoms with Gasteiger partial charge >= 0.3 is 5.97 Å². The minimum absolute atomic E-state index is 0.0536. The van der Waals surface area contributed by atoms with Gasteiger partial charge in [0.25, 0.3) is 5.91 Å². The van der Waals surface area contributed by atoms with Crippen LogP contribution < -0.4 is 15.5 Å². The Morgan fingerprint density at radius 1 is 1.32 bits per heavy atom. The molecular weight excluding hydrogens is 380 g/mol. The van der Waals surface area contributed by atoms with Gasteiger partial charge in [-0.15, -0.1) is 11.3 Å². The number of ether oxygens (including phenoxy) is 1. The topological polar surface area (TPSA) is 101 Å². The lowest BCUT2D eigenvalue weighted by atomic mass is 9.98. The molecule has 1 aromatic carbocycles.